The van der Waals surface area contributed by atoms with Crippen LogP contribution in [0.15, 0.2) is 23.6 Å². The summed E-state index contributed by atoms with van der Waals surface area (Å²) in [4.78, 5) is 10.1. The number of hydrogen-bond donors (Lipinski definition) is 2. The standard InChI is InChI=1S/C13H20N6S/c1-4-14-13(16-6-11-7-18-19(3)9-11)17-8-12-15-5-10(2)20-12/h5,7,9H,4,6,8H2,1-3H3,(H2,14,16,17). The second kappa shape index (κ2) is 7.04. The number of thiazole rings is 1. The Balaban J connectivity index is 1.91. The van der Waals surface area contributed by atoms with Gasteiger partial charge >= 0.3 is 0 Å². The van der Waals surface area contributed by atoms with E-state index in [-0.39, 0.29) is 0 Å². The van der Waals surface area contributed by atoms with Gasteiger partial charge in [0.25, 0.3) is 0 Å². The Kier molecular flexibility index (Phi) is 5.11. The maximum Gasteiger partial charge on any atom is 0.191 e. The average molecular weight is 292 g/mol. The fourth-order valence-electron chi connectivity index (χ4n) is 1.71. The Hall–Kier alpha value is -1.89. The third kappa shape index (κ3) is 4.34. The fraction of sp³-hybridized carbons (Fsp3) is 0.462. The number of aliphatic imine (C=N–C) groups is 1. The third-order valence-electron chi connectivity index (χ3n) is 2.60. The van der Waals surface area contributed by atoms with E-state index in [0.717, 1.165) is 23.1 Å². The van der Waals surface area contributed by atoms with Gasteiger partial charge in [-0.3, -0.25) is 4.68 Å². The molecule has 0 radical (unpaired) electrons. The Morgan fingerprint density at radius 2 is 2.25 bits per heavy atom. The molecule has 108 valence electrons. The smallest absolute Gasteiger partial charge is 0.191 e. The lowest BCUT2D eigenvalue weighted by Crippen LogP contribution is -2.36. The van der Waals surface area contributed by atoms with Crippen LogP contribution in [0.5, 0.6) is 0 Å². The SMILES string of the molecule is CCNC(=NCc1cnn(C)c1)NCc1ncc(C)s1. The Labute approximate surface area is 123 Å². The average Bonchev–Trinajstić information content (AvgIpc) is 3.02. The summed E-state index contributed by atoms with van der Waals surface area (Å²) in [7, 11) is 1.90. The van der Waals surface area contributed by atoms with Gasteiger partial charge in [-0.25, -0.2) is 9.98 Å². The zero-order valence-electron chi connectivity index (χ0n) is 12.1. The van der Waals surface area contributed by atoms with E-state index in [4.69, 9.17) is 0 Å². The van der Waals surface area contributed by atoms with E-state index in [9.17, 15) is 0 Å². The van der Waals surface area contributed by atoms with Gasteiger partial charge < -0.3 is 10.6 Å². The molecule has 0 unspecified atom stereocenters. The topological polar surface area (TPSA) is 67.1 Å². The van der Waals surface area contributed by atoms with Crippen LogP contribution >= 0.6 is 11.3 Å². The van der Waals surface area contributed by atoms with Gasteiger partial charge in [-0.05, 0) is 13.8 Å². The van der Waals surface area contributed by atoms with Crippen LogP contribution in [0.3, 0.4) is 0 Å². The molecule has 6 nitrogen and oxygen atoms in total. The van der Waals surface area contributed by atoms with E-state index >= 15 is 0 Å². The normalized spacial score (nSPS) is 11.7. The summed E-state index contributed by atoms with van der Waals surface area (Å²) in [6, 6.07) is 0. The number of rotatable bonds is 5. The Bertz CT molecular complexity index is 571. The van der Waals surface area contributed by atoms with Crippen molar-refractivity contribution in [1.29, 1.82) is 0 Å². The van der Waals surface area contributed by atoms with E-state index in [0.29, 0.717) is 13.1 Å². The first-order chi connectivity index (χ1) is 9.67. The molecule has 0 aliphatic rings. The zero-order chi connectivity index (χ0) is 14.4. The summed E-state index contributed by atoms with van der Waals surface area (Å²) in [6.45, 7) is 6.24. The minimum absolute atomic E-state index is 0.611. The number of aryl methyl sites for hydroxylation is 2. The first kappa shape index (κ1) is 14.5. The molecule has 0 atom stereocenters. The molecule has 0 aliphatic carbocycles. The van der Waals surface area contributed by atoms with Gasteiger partial charge in [0.05, 0.1) is 19.3 Å². The molecule has 0 saturated heterocycles. The van der Waals surface area contributed by atoms with Crippen LogP contribution in [-0.2, 0) is 20.1 Å². The Morgan fingerprint density at radius 1 is 1.40 bits per heavy atom. The van der Waals surface area contributed by atoms with Gasteiger partial charge in [0.2, 0.25) is 0 Å². The molecule has 0 aromatic carbocycles. The van der Waals surface area contributed by atoms with Gasteiger partial charge in [-0.15, -0.1) is 11.3 Å². The van der Waals surface area contributed by atoms with Crippen LogP contribution in [0.1, 0.15) is 22.4 Å². The summed E-state index contributed by atoms with van der Waals surface area (Å²) in [5.74, 6) is 0.796. The lowest BCUT2D eigenvalue weighted by atomic mass is 10.4. The largest absolute Gasteiger partial charge is 0.357 e. The highest BCUT2D eigenvalue weighted by atomic mass is 32.1. The van der Waals surface area contributed by atoms with Crippen LogP contribution in [-0.4, -0.2) is 27.3 Å². The highest BCUT2D eigenvalue weighted by Crippen LogP contribution is 2.10. The Morgan fingerprint density at radius 3 is 2.85 bits per heavy atom. The number of hydrogen-bond acceptors (Lipinski definition) is 4. The lowest BCUT2D eigenvalue weighted by Gasteiger charge is -2.09. The van der Waals surface area contributed by atoms with Crippen molar-refractivity contribution in [3.05, 3.63) is 34.0 Å². The highest BCUT2D eigenvalue weighted by Gasteiger charge is 2.02. The van der Waals surface area contributed by atoms with Crippen molar-refractivity contribution >= 4 is 17.3 Å². The van der Waals surface area contributed by atoms with Gasteiger partial charge in [0, 0.05) is 36.4 Å². The number of nitrogens with zero attached hydrogens (tertiary/aromatic N) is 4. The van der Waals surface area contributed by atoms with E-state index < -0.39 is 0 Å². The molecule has 2 heterocycles. The van der Waals surface area contributed by atoms with Crippen LogP contribution < -0.4 is 10.6 Å². The first-order valence-electron chi connectivity index (χ1n) is 6.58. The molecule has 2 aromatic rings. The highest BCUT2D eigenvalue weighted by molar-refractivity contribution is 7.11. The van der Waals surface area contributed by atoms with E-state index in [2.05, 4.69) is 39.6 Å². The van der Waals surface area contributed by atoms with Crippen LogP contribution in [0, 0.1) is 6.92 Å². The van der Waals surface area contributed by atoms with Crippen LogP contribution in [0.25, 0.3) is 0 Å². The maximum absolute atomic E-state index is 4.54. The third-order valence-corrected chi connectivity index (χ3v) is 3.51. The predicted octanol–water partition coefficient (Wildman–Crippen LogP) is 1.44. The van der Waals surface area contributed by atoms with Crippen molar-refractivity contribution in [1.82, 2.24) is 25.4 Å². The molecule has 7 heteroatoms. The molecule has 0 spiro atoms. The van der Waals surface area contributed by atoms with Crippen molar-refractivity contribution in [2.45, 2.75) is 26.9 Å². The fourth-order valence-corrected chi connectivity index (χ4v) is 2.43. The molecule has 0 aliphatic heterocycles. The molecule has 0 fully saturated rings. The summed E-state index contributed by atoms with van der Waals surface area (Å²) in [5, 5.41) is 11.7. The lowest BCUT2D eigenvalue weighted by molar-refractivity contribution is 0.766. The van der Waals surface area contributed by atoms with Crippen molar-refractivity contribution < 1.29 is 0 Å². The molecule has 2 aromatic heterocycles. The summed E-state index contributed by atoms with van der Waals surface area (Å²) in [6.07, 6.45) is 5.69. The summed E-state index contributed by atoms with van der Waals surface area (Å²) < 4.78 is 1.78. The minimum Gasteiger partial charge on any atom is -0.357 e. The minimum atomic E-state index is 0.611. The molecule has 20 heavy (non-hydrogen) atoms. The summed E-state index contributed by atoms with van der Waals surface area (Å²) in [5.41, 5.74) is 1.09. The second-order valence-electron chi connectivity index (χ2n) is 4.44. The van der Waals surface area contributed by atoms with Gasteiger partial charge in [0.1, 0.15) is 5.01 Å². The first-order valence-corrected chi connectivity index (χ1v) is 7.40. The van der Waals surface area contributed by atoms with Crippen LogP contribution in [0.2, 0.25) is 0 Å². The van der Waals surface area contributed by atoms with E-state index in [1.165, 1.54) is 4.88 Å². The molecule has 0 saturated carbocycles. The van der Waals surface area contributed by atoms with Crippen molar-refractivity contribution in [3.8, 4) is 0 Å². The molecular formula is C13H20N6S. The molecule has 0 bridgehead atoms. The number of nitrogens with one attached hydrogen (secondary N) is 2. The molecule has 2 rings (SSSR count). The van der Waals surface area contributed by atoms with Crippen molar-refractivity contribution in [2.75, 3.05) is 6.54 Å². The molecular weight excluding hydrogens is 272 g/mol. The quantitative estimate of drug-likeness (QED) is 0.646. The summed E-state index contributed by atoms with van der Waals surface area (Å²) >= 11 is 1.70. The van der Waals surface area contributed by atoms with Gasteiger partial charge in [0.15, 0.2) is 5.96 Å². The maximum atomic E-state index is 4.54. The second-order valence-corrected chi connectivity index (χ2v) is 5.75. The predicted molar refractivity (Wildman–Crippen MR) is 81.7 cm³/mol. The number of aromatic nitrogens is 3. The monoisotopic (exact) mass is 292 g/mol. The van der Waals surface area contributed by atoms with E-state index in [1.807, 2.05) is 25.6 Å². The number of guanidine groups is 1. The van der Waals surface area contributed by atoms with Gasteiger partial charge in [-0.2, -0.15) is 5.10 Å². The molecule has 2 N–H and O–H groups in total. The van der Waals surface area contributed by atoms with Crippen LogP contribution in [0.4, 0.5) is 0 Å². The van der Waals surface area contributed by atoms with E-state index in [1.54, 1.807) is 16.0 Å². The van der Waals surface area contributed by atoms with Gasteiger partial charge in [-0.1, -0.05) is 0 Å². The van der Waals surface area contributed by atoms with Crippen molar-refractivity contribution in [3.63, 3.8) is 0 Å². The molecule has 0 amide bonds. The van der Waals surface area contributed by atoms with Crippen molar-refractivity contribution in [2.24, 2.45) is 12.0 Å². The zero-order valence-corrected chi connectivity index (χ0v) is 12.9.